The molecule has 0 spiro atoms. The number of rotatable bonds is 5. The number of carbonyl (C=O) groups is 1. The molecular weight excluding hydrogens is 294 g/mol. The molecule has 0 bridgehead atoms. The number of hydrogen-bond donors (Lipinski definition) is 1. The zero-order valence-electron chi connectivity index (χ0n) is 10.5. The van der Waals surface area contributed by atoms with Gasteiger partial charge in [-0.2, -0.15) is 0 Å². The van der Waals surface area contributed by atoms with Crippen LogP contribution in [0.5, 0.6) is 5.75 Å². The first kappa shape index (κ1) is 15.6. The van der Waals surface area contributed by atoms with Crippen molar-refractivity contribution in [3.63, 3.8) is 0 Å². The minimum Gasteiger partial charge on any atom is -0.496 e. The molecule has 0 atom stereocenters. The van der Waals surface area contributed by atoms with Crippen molar-refractivity contribution in [1.82, 2.24) is 5.32 Å². The Balaban J connectivity index is 2.94. The number of benzene rings is 1. The third-order valence-corrected chi connectivity index (χ3v) is 3.58. The lowest BCUT2D eigenvalue weighted by atomic mass is 10.2. The van der Waals surface area contributed by atoms with Crippen LogP contribution in [-0.2, 0) is 20.3 Å². The van der Waals surface area contributed by atoms with Crippen molar-refractivity contribution >= 4 is 25.8 Å². The molecule has 0 radical (unpaired) electrons. The van der Waals surface area contributed by atoms with E-state index in [0.717, 1.165) is 0 Å². The fourth-order valence-corrected chi connectivity index (χ4v) is 2.20. The molecule has 1 aromatic rings. The molecule has 0 saturated carbocycles. The molecule has 0 aromatic heterocycles. The first-order valence-electron chi connectivity index (χ1n) is 5.40. The van der Waals surface area contributed by atoms with Gasteiger partial charge in [0.05, 0.1) is 18.6 Å². The Kier molecular flexibility index (Phi) is 5.44. The lowest BCUT2D eigenvalue weighted by Crippen LogP contribution is -2.24. The number of halogens is 1. The van der Waals surface area contributed by atoms with E-state index in [-0.39, 0.29) is 18.0 Å². The second-order valence-electron chi connectivity index (χ2n) is 3.49. The summed E-state index contributed by atoms with van der Waals surface area (Å²) in [7, 11) is 2.87. The minimum atomic E-state index is -3.83. The van der Waals surface area contributed by atoms with Crippen LogP contribution in [0.25, 0.3) is 0 Å². The molecule has 0 aliphatic heterocycles. The number of hydrogen-bond acceptors (Lipinski definition) is 5. The van der Waals surface area contributed by atoms with Crippen LogP contribution in [0.1, 0.15) is 12.5 Å². The fourth-order valence-electron chi connectivity index (χ4n) is 1.39. The van der Waals surface area contributed by atoms with Crippen molar-refractivity contribution in [1.29, 1.82) is 0 Å². The molecule has 6 nitrogen and oxygen atoms in total. The molecule has 0 heterocycles. The van der Waals surface area contributed by atoms with Crippen molar-refractivity contribution in [3.8, 4) is 5.75 Å². The summed E-state index contributed by atoms with van der Waals surface area (Å²) in [5, 5.41) is 2.47. The number of methoxy groups -OCH3 is 1. The van der Waals surface area contributed by atoms with Gasteiger partial charge >= 0.3 is 6.09 Å². The van der Waals surface area contributed by atoms with Gasteiger partial charge in [0.1, 0.15) is 5.75 Å². The topological polar surface area (TPSA) is 81.7 Å². The van der Waals surface area contributed by atoms with E-state index in [2.05, 4.69) is 5.32 Å². The average Bonchev–Trinajstić information content (AvgIpc) is 2.35. The van der Waals surface area contributed by atoms with E-state index in [9.17, 15) is 13.2 Å². The monoisotopic (exact) mass is 307 g/mol. The maximum atomic E-state index is 11.2. The molecule has 0 unspecified atom stereocenters. The quantitative estimate of drug-likeness (QED) is 0.840. The predicted molar refractivity (Wildman–Crippen MR) is 69.9 cm³/mol. The van der Waals surface area contributed by atoms with Crippen molar-refractivity contribution in [2.24, 2.45) is 0 Å². The number of nitrogens with one attached hydrogen (secondary N) is 1. The van der Waals surface area contributed by atoms with E-state index in [1.807, 2.05) is 0 Å². The second-order valence-corrected chi connectivity index (χ2v) is 6.05. The molecule has 1 rings (SSSR count). The van der Waals surface area contributed by atoms with Crippen molar-refractivity contribution < 1.29 is 22.7 Å². The van der Waals surface area contributed by atoms with E-state index in [1.165, 1.54) is 25.3 Å². The Morgan fingerprint density at radius 1 is 1.42 bits per heavy atom. The number of carbonyl (C=O) groups excluding carboxylic acids is 1. The fraction of sp³-hybridized carbons (Fsp3) is 0.364. The molecule has 0 saturated heterocycles. The lowest BCUT2D eigenvalue weighted by molar-refractivity contribution is 0.151. The normalized spacial score (nSPS) is 10.9. The molecule has 1 aromatic carbocycles. The van der Waals surface area contributed by atoms with Crippen LogP contribution in [0, 0.1) is 0 Å². The minimum absolute atomic E-state index is 0.0596. The van der Waals surface area contributed by atoms with Crippen molar-refractivity contribution in [3.05, 3.63) is 23.8 Å². The Bertz CT molecular complexity index is 558. The smallest absolute Gasteiger partial charge is 0.407 e. The van der Waals surface area contributed by atoms with Crippen LogP contribution in [0.2, 0.25) is 0 Å². The molecule has 1 N–H and O–H groups in total. The van der Waals surface area contributed by atoms with Crippen LogP contribution >= 0.6 is 10.7 Å². The summed E-state index contributed by atoms with van der Waals surface area (Å²) < 4.78 is 32.3. The molecule has 0 aliphatic rings. The summed E-state index contributed by atoms with van der Waals surface area (Å²) in [4.78, 5) is 11.1. The maximum Gasteiger partial charge on any atom is 0.407 e. The molecular formula is C11H14ClNO5S. The van der Waals surface area contributed by atoms with Gasteiger partial charge in [-0.15, -0.1) is 0 Å². The summed E-state index contributed by atoms with van der Waals surface area (Å²) in [6, 6.07) is 4.14. The third kappa shape index (κ3) is 4.60. The summed E-state index contributed by atoms with van der Waals surface area (Å²) >= 11 is 0. The first-order valence-corrected chi connectivity index (χ1v) is 7.71. The highest BCUT2D eigenvalue weighted by atomic mass is 35.7. The number of amides is 1. The Morgan fingerprint density at radius 2 is 2.11 bits per heavy atom. The van der Waals surface area contributed by atoms with Gasteiger partial charge in [-0.05, 0) is 25.1 Å². The number of alkyl carbamates (subject to hydrolysis) is 1. The van der Waals surface area contributed by atoms with Gasteiger partial charge in [0, 0.05) is 22.8 Å². The Labute approximate surface area is 116 Å². The average molecular weight is 308 g/mol. The van der Waals surface area contributed by atoms with Gasteiger partial charge in [-0.3, -0.25) is 0 Å². The van der Waals surface area contributed by atoms with E-state index in [4.69, 9.17) is 20.2 Å². The van der Waals surface area contributed by atoms with Gasteiger partial charge in [0.2, 0.25) is 0 Å². The van der Waals surface area contributed by atoms with Crippen molar-refractivity contribution in [2.75, 3.05) is 13.7 Å². The van der Waals surface area contributed by atoms with E-state index < -0.39 is 15.1 Å². The van der Waals surface area contributed by atoms with E-state index in [0.29, 0.717) is 11.3 Å². The second kappa shape index (κ2) is 6.63. The van der Waals surface area contributed by atoms with Crippen LogP contribution in [0.4, 0.5) is 4.79 Å². The lowest BCUT2D eigenvalue weighted by Gasteiger charge is -2.10. The molecule has 19 heavy (non-hydrogen) atoms. The molecule has 1 amide bonds. The highest BCUT2D eigenvalue weighted by molar-refractivity contribution is 8.13. The Morgan fingerprint density at radius 3 is 2.63 bits per heavy atom. The standard InChI is InChI=1S/C11H14ClNO5S/c1-3-18-11(14)13-7-8-6-9(19(12,15)16)4-5-10(8)17-2/h4-6H,3,7H2,1-2H3,(H,13,14). The largest absolute Gasteiger partial charge is 0.496 e. The summed E-state index contributed by atoms with van der Waals surface area (Å²) in [5.41, 5.74) is 0.484. The van der Waals surface area contributed by atoms with Gasteiger partial charge in [0.15, 0.2) is 0 Å². The number of ether oxygens (including phenoxy) is 2. The molecule has 0 fully saturated rings. The maximum absolute atomic E-state index is 11.2. The van der Waals surface area contributed by atoms with Crippen molar-refractivity contribution in [2.45, 2.75) is 18.4 Å². The Hall–Kier alpha value is -1.47. The van der Waals surface area contributed by atoms with Gasteiger partial charge in [-0.1, -0.05) is 0 Å². The molecule has 106 valence electrons. The summed E-state index contributed by atoms with van der Waals surface area (Å²) in [6.45, 7) is 2.00. The highest BCUT2D eigenvalue weighted by Crippen LogP contribution is 2.24. The predicted octanol–water partition coefficient (Wildman–Crippen LogP) is 1.87. The van der Waals surface area contributed by atoms with E-state index in [1.54, 1.807) is 6.92 Å². The van der Waals surface area contributed by atoms with Gasteiger partial charge < -0.3 is 14.8 Å². The zero-order chi connectivity index (χ0) is 14.5. The SMILES string of the molecule is CCOC(=O)NCc1cc(S(=O)(=O)Cl)ccc1OC. The highest BCUT2D eigenvalue weighted by Gasteiger charge is 2.14. The first-order chi connectivity index (χ1) is 8.88. The molecule has 0 aliphatic carbocycles. The van der Waals surface area contributed by atoms with E-state index >= 15 is 0 Å². The van der Waals surface area contributed by atoms with Crippen LogP contribution < -0.4 is 10.1 Å². The summed E-state index contributed by atoms with van der Waals surface area (Å²) in [6.07, 6.45) is -0.594. The van der Waals surface area contributed by atoms with Gasteiger partial charge in [-0.25, -0.2) is 13.2 Å². The third-order valence-electron chi connectivity index (χ3n) is 2.23. The van der Waals surface area contributed by atoms with Crippen LogP contribution in [0.3, 0.4) is 0 Å². The van der Waals surface area contributed by atoms with Crippen LogP contribution in [-0.4, -0.2) is 28.2 Å². The zero-order valence-corrected chi connectivity index (χ0v) is 12.0. The van der Waals surface area contributed by atoms with Crippen LogP contribution in [0.15, 0.2) is 23.1 Å². The van der Waals surface area contributed by atoms with Gasteiger partial charge in [0.25, 0.3) is 9.05 Å². The summed E-state index contributed by atoms with van der Waals surface area (Å²) in [5.74, 6) is 0.445. The molecule has 8 heteroatoms.